The van der Waals surface area contributed by atoms with Crippen LogP contribution in [0.15, 0.2) is 18.5 Å². The molecule has 2 rings (SSSR count). The van der Waals surface area contributed by atoms with Crippen LogP contribution in [0, 0.1) is 11.6 Å². The first-order valence-electron chi connectivity index (χ1n) is 5.01. The molecule has 0 aliphatic rings. The molecule has 0 saturated heterocycles. The van der Waals surface area contributed by atoms with Gasteiger partial charge in [0.05, 0.1) is 0 Å². The van der Waals surface area contributed by atoms with Gasteiger partial charge in [-0.1, -0.05) is 0 Å². The lowest BCUT2D eigenvalue weighted by Gasteiger charge is -2.08. The number of aromatic nitrogens is 3. The van der Waals surface area contributed by atoms with Gasteiger partial charge in [0.2, 0.25) is 0 Å². The van der Waals surface area contributed by atoms with Crippen molar-refractivity contribution in [1.82, 2.24) is 14.8 Å². The van der Waals surface area contributed by atoms with E-state index in [0.717, 1.165) is 12.1 Å². The van der Waals surface area contributed by atoms with Crippen LogP contribution in [0.4, 0.5) is 8.78 Å². The maximum Gasteiger partial charge on any atom is 0.191 e. The minimum Gasteiger partial charge on any atom is -0.479 e. The van der Waals surface area contributed by atoms with Crippen LogP contribution in [-0.4, -0.2) is 21.1 Å². The van der Waals surface area contributed by atoms with Crippen molar-refractivity contribution in [2.75, 3.05) is 0 Å². The summed E-state index contributed by atoms with van der Waals surface area (Å²) in [6.45, 7) is -0.120. The van der Waals surface area contributed by atoms with Crippen LogP contribution in [0.5, 0.6) is 5.75 Å². The Morgan fingerprint density at radius 2 is 2.06 bits per heavy atom. The number of aryl methyl sites for hydroxylation is 1. The molecule has 0 fully saturated rings. The molecule has 0 bridgehead atoms. The van der Waals surface area contributed by atoms with Crippen molar-refractivity contribution in [2.24, 2.45) is 7.05 Å². The highest BCUT2D eigenvalue weighted by Gasteiger charge is 2.13. The fourth-order valence-electron chi connectivity index (χ4n) is 1.37. The first-order chi connectivity index (χ1) is 8.61. The first-order valence-corrected chi connectivity index (χ1v) is 5.01. The van der Waals surface area contributed by atoms with Crippen molar-refractivity contribution in [3.63, 3.8) is 0 Å². The highest BCUT2D eigenvalue weighted by Crippen LogP contribution is 2.23. The SMILES string of the molecule is Cn1ncnc1COc1c(F)cc(C=O)cc1F. The summed E-state index contributed by atoms with van der Waals surface area (Å²) in [5, 5.41) is 3.79. The van der Waals surface area contributed by atoms with Crippen LogP contribution < -0.4 is 4.74 Å². The Hall–Kier alpha value is -2.31. The van der Waals surface area contributed by atoms with Gasteiger partial charge in [-0.3, -0.25) is 9.48 Å². The van der Waals surface area contributed by atoms with Gasteiger partial charge in [0.15, 0.2) is 23.2 Å². The highest BCUT2D eigenvalue weighted by molar-refractivity contribution is 5.75. The normalized spacial score (nSPS) is 10.4. The van der Waals surface area contributed by atoms with Gasteiger partial charge in [0, 0.05) is 12.6 Å². The van der Waals surface area contributed by atoms with Gasteiger partial charge >= 0.3 is 0 Å². The van der Waals surface area contributed by atoms with Crippen molar-refractivity contribution in [3.05, 3.63) is 41.5 Å². The standard InChI is InChI=1S/C11H9F2N3O2/c1-16-10(14-6-15-16)5-18-11-8(12)2-7(4-17)3-9(11)13/h2-4,6H,5H2,1H3. The molecule has 0 amide bonds. The molecule has 0 atom stereocenters. The Kier molecular flexibility index (Phi) is 3.31. The Labute approximate surface area is 101 Å². The minimum absolute atomic E-state index is 0.0870. The smallest absolute Gasteiger partial charge is 0.191 e. The van der Waals surface area contributed by atoms with Crippen molar-refractivity contribution in [1.29, 1.82) is 0 Å². The molecule has 0 saturated carbocycles. The van der Waals surface area contributed by atoms with Crippen LogP contribution in [0.1, 0.15) is 16.2 Å². The van der Waals surface area contributed by atoms with Gasteiger partial charge in [0.1, 0.15) is 19.2 Å². The summed E-state index contributed by atoms with van der Waals surface area (Å²) >= 11 is 0. The van der Waals surface area contributed by atoms with Gasteiger partial charge in [-0.25, -0.2) is 13.8 Å². The van der Waals surface area contributed by atoms with E-state index in [1.54, 1.807) is 7.05 Å². The van der Waals surface area contributed by atoms with Gasteiger partial charge in [0.25, 0.3) is 0 Å². The summed E-state index contributed by atoms with van der Waals surface area (Å²) < 4.78 is 33.4. The van der Waals surface area contributed by atoms with Crippen LogP contribution in [0.3, 0.4) is 0 Å². The highest BCUT2D eigenvalue weighted by atomic mass is 19.1. The summed E-state index contributed by atoms with van der Waals surface area (Å²) in [4.78, 5) is 14.3. The molecule has 0 N–H and O–H groups in total. The topological polar surface area (TPSA) is 57.0 Å². The zero-order valence-electron chi connectivity index (χ0n) is 9.43. The third kappa shape index (κ3) is 2.34. The molecule has 0 radical (unpaired) electrons. The van der Waals surface area contributed by atoms with Crippen molar-refractivity contribution >= 4 is 6.29 Å². The fourth-order valence-corrected chi connectivity index (χ4v) is 1.37. The largest absolute Gasteiger partial charge is 0.479 e. The summed E-state index contributed by atoms with van der Waals surface area (Å²) in [7, 11) is 1.63. The zero-order chi connectivity index (χ0) is 13.1. The number of benzene rings is 1. The number of carbonyl (C=O) groups excluding carboxylic acids is 1. The number of aldehydes is 1. The number of hydrogen-bond acceptors (Lipinski definition) is 4. The van der Waals surface area contributed by atoms with E-state index < -0.39 is 17.4 Å². The lowest BCUT2D eigenvalue weighted by Crippen LogP contribution is -2.06. The molecule has 1 aromatic carbocycles. The molecule has 94 valence electrons. The van der Waals surface area contributed by atoms with Gasteiger partial charge in [-0.2, -0.15) is 5.10 Å². The molecule has 5 nitrogen and oxygen atoms in total. The second-order valence-corrected chi connectivity index (χ2v) is 3.52. The number of carbonyl (C=O) groups is 1. The molecule has 1 heterocycles. The second kappa shape index (κ2) is 4.91. The van der Waals surface area contributed by atoms with Gasteiger partial charge in [-0.05, 0) is 12.1 Å². The number of hydrogen-bond donors (Lipinski definition) is 0. The van der Waals surface area contributed by atoms with E-state index in [2.05, 4.69) is 10.1 Å². The minimum atomic E-state index is -0.931. The van der Waals surface area contributed by atoms with Gasteiger partial charge < -0.3 is 4.74 Å². The van der Waals surface area contributed by atoms with Crippen LogP contribution in [-0.2, 0) is 13.7 Å². The maximum absolute atomic E-state index is 13.5. The molecule has 18 heavy (non-hydrogen) atoms. The predicted molar refractivity (Wildman–Crippen MR) is 57.1 cm³/mol. The van der Waals surface area contributed by atoms with E-state index in [0.29, 0.717) is 12.1 Å². The Morgan fingerprint density at radius 1 is 1.39 bits per heavy atom. The molecular weight excluding hydrogens is 244 g/mol. The monoisotopic (exact) mass is 253 g/mol. The molecule has 7 heteroatoms. The summed E-state index contributed by atoms with van der Waals surface area (Å²) in [5.74, 6) is -1.98. The molecule has 0 unspecified atom stereocenters. The lowest BCUT2D eigenvalue weighted by molar-refractivity contribution is 0.112. The fraction of sp³-hybridized carbons (Fsp3) is 0.182. The number of halogens is 2. The Bertz CT molecular complexity index is 560. The summed E-state index contributed by atoms with van der Waals surface area (Å²) in [5.41, 5.74) is -0.0870. The molecule has 2 aromatic rings. The average molecular weight is 253 g/mol. The third-order valence-corrected chi connectivity index (χ3v) is 2.31. The Morgan fingerprint density at radius 3 is 2.56 bits per heavy atom. The van der Waals surface area contributed by atoms with Crippen LogP contribution in [0.25, 0.3) is 0 Å². The van der Waals surface area contributed by atoms with Crippen molar-refractivity contribution in [3.8, 4) is 5.75 Å². The summed E-state index contributed by atoms with van der Waals surface area (Å²) in [6.07, 6.45) is 1.67. The number of rotatable bonds is 4. The van der Waals surface area contributed by atoms with E-state index in [9.17, 15) is 13.6 Å². The first kappa shape index (κ1) is 12.2. The van der Waals surface area contributed by atoms with E-state index in [4.69, 9.17) is 4.74 Å². The molecule has 0 aliphatic heterocycles. The molecule has 0 spiro atoms. The quantitative estimate of drug-likeness (QED) is 0.774. The summed E-state index contributed by atoms with van der Waals surface area (Å²) in [6, 6.07) is 1.81. The van der Waals surface area contributed by atoms with Crippen molar-refractivity contribution in [2.45, 2.75) is 6.61 Å². The predicted octanol–water partition coefficient (Wildman–Crippen LogP) is 1.48. The third-order valence-electron chi connectivity index (χ3n) is 2.31. The van der Waals surface area contributed by atoms with Crippen LogP contribution >= 0.6 is 0 Å². The van der Waals surface area contributed by atoms with E-state index in [1.807, 2.05) is 0 Å². The average Bonchev–Trinajstić information content (AvgIpc) is 2.73. The zero-order valence-corrected chi connectivity index (χ0v) is 9.43. The number of nitrogens with zero attached hydrogens (tertiary/aromatic N) is 3. The maximum atomic E-state index is 13.5. The molecule has 1 aromatic heterocycles. The lowest BCUT2D eigenvalue weighted by atomic mass is 10.2. The van der Waals surface area contributed by atoms with E-state index in [1.165, 1.54) is 11.0 Å². The van der Waals surface area contributed by atoms with Crippen molar-refractivity contribution < 1.29 is 18.3 Å². The van der Waals surface area contributed by atoms with E-state index >= 15 is 0 Å². The van der Waals surface area contributed by atoms with Crippen LogP contribution in [0.2, 0.25) is 0 Å². The molecular formula is C11H9F2N3O2. The Balaban J connectivity index is 2.19. The number of ether oxygens (including phenoxy) is 1. The van der Waals surface area contributed by atoms with E-state index in [-0.39, 0.29) is 12.2 Å². The second-order valence-electron chi connectivity index (χ2n) is 3.52. The van der Waals surface area contributed by atoms with Gasteiger partial charge in [-0.15, -0.1) is 0 Å². The molecule has 0 aliphatic carbocycles.